The van der Waals surface area contributed by atoms with Crippen LogP contribution >= 0.6 is 11.6 Å². The molecule has 0 saturated carbocycles. The number of hydrogen-bond donors (Lipinski definition) is 2. The van der Waals surface area contributed by atoms with Crippen molar-refractivity contribution >= 4 is 23.1 Å². The topological polar surface area (TPSA) is 80.0 Å². The summed E-state index contributed by atoms with van der Waals surface area (Å²) in [7, 11) is 1.68. The molecule has 1 aliphatic rings. The van der Waals surface area contributed by atoms with Crippen molar-refractivity contribution in [2.75, 3.05) is 0 Å². The number of nitrogens with zero attached hydrogens (tertiary/aromatic N) is 3. The summed E-state index contributed by atoms with van der Waals surface area (Å²) in [5.74, 6) is 0.437. The average molecular weight is 305 g/mol. The Morgan fingerprint density at radius 1 is 1.33 bits per heavy atom. The van der Waals surface area contributed by atoms with Crippen LogP contribution in [0.25, 0.3) is 17.0 Å². The van der Waals surface area contributed by atoms with Crippen LogP contribution in [0.5, 0.6) is 0 Å². The first-order valence-electron chi connectivity index (χ1n) is 6.38. The van der Waals surface area contributed by atoms with E-state index >= 15 is 0 Å². The lowest BCUT2D eigenvalue weighted by Crippen LogP contribution is -2.25. The number of rotatable bonds is 2. The number of halogens is 1. The van der Waals surface area contributed by atoms with Crippen LogP contribution in [0.3, 0.4) is 0 Å². The van der Waals surface area contributed by atoms with E-state index in [2.05, 4.69) is 15.4 Å². The minimum atomic E-state index is -0.414. The van der Waals surface area contributed by atoms with E-state index in [-0.39, 0.29) is 17.2 Å². The maximum absolute atomic E-state index is 11.9. The number of aliphatic hydroxyl groups excluding tert-OH is 1. The molecule has 6 nitrogen and oxygen atoms in total. The van der Waals surface area contributed by atoms with Gasteiger partial charge in [-0.05, 0) is 31.2 Å². The van der Waals surface area contributed by atoms with Crippen molar-refractivity contribution in [3.8, 4) is 11.4 Å². The summed E-state index contributed by atoms with van der Waals surface area (Å²) in [6.45, 7) is 1.71. The summed E-state index contributed by atoms with van der Waals surface area (Å²) < 4.78 is 1.48. The van der Waals surface area contributed by atoms with Crippen LogP contribution in [0.4, 0.5) is 0 Å². The largest absolute Gasteiger partial charge is 0.509 e. The zero-order valence-corrected chi connectivity index (χ0v) is 12.2. The molecule has 0 bridgehead atoms. The van der Waals surface area contributed by atoms with Gasteiger partial charge in [0.15, 0.2) is 11.6 Å². The lowest BCUT2D eigenvalue weighted by molar-refractivity contribution is -0.115. The fraction of sp³-hybridized carbons (Fsp3) is 0.214. The van der Waals surface area contributed by atoms with E-state index in [9.17, 15) is 9.90 Å². The molecule has 21 heavy (non-hydrogen) atoms. The van der Waals surface area contributed by atoms with Gasteiger partial charge in [0.05, 0.1) is 6.04 Å². The molecule has 1 atom stereocenters. The van der Waals surface area contributed by atoms with Crippen molar-refractivity contribution in [2.45, 2.75) is 13.0 Å². The number of carbonyl (C=O) groups is 1. The molecule has 0 radical (unpaired) electrons. The molecule has 1 aliphatic heterocycles. The Balaban J connectivity index is 2.07. The Labute approximate surface area is 126 Å². The smallest absolute Gasteiger partial charge is 0.259 e. The fourth-order valence-electron chi connectivity index (χ4n) is 2.21. The van der Waals surface area contributed by atoms with E-state index in [0.717, 1.165) is 5.56 Å². The number of aliphatic hydroxyl groups is 1. The quantitative estimate of drug-likeness (QED) is 0.888. The highest BCUT2D eigenvalue weighted by atomic mass is 35.5. The van der Waals surface area contributed by atoms with E-state index in [1.54, 1.807) is 38.2 Å². The second kappa shape index (κ2) is 4.89. The van der Waals surface area contributed by atoms with Crippen LogP contribution < -0.4 is 5.32 Å². The average Bonchev–Trinajstić information content (AvgIpc) is 2.92. The van der Waals surface area contributed by atoms with Crippen molar-refractivity contribution in [3.05, 3.63) is 40.9 Å². The second-order valence-corrected chi connectivity index (χ2v) is 5.28. The summed E-state index contributed by atoms with van der Waals surface area (Å²) in [5, 5.41) is 17.6. The molecule has 2 heterocycles. The Kier molecular flexibility index (Phi) is 3.17. The molecule has 2 aromatic rings. The van der Waals surface area contributed by atoms with Gasteiger partial charge in [-0.2, -0.15) is 5.10 Å². The Hall–Kier alpha value is -2.34. The van der Waals surface area contributed by atoms with Crippen molar-refractivity contribution < 1.29 is 9.90 Å². The van der Waals surface area contributed by atoms with Crippen LogP contribution in [0.2, 0.25) is 5.02 Å². The summed E-state index contributed by atoms with van der Waals surface area (Å²) in [4.78, 5) is 16.3. The minimum absolute atomic E-state index is 0.0156. The van der Waals surface area contributed by atoms with Crippen molar-refractivity contribution in [2.24, 2.45) is 7.05 Å². The normalized spacial score (nSPS) is 18.2. The van der Waals surface area contributed by atoms with Crippen LogP contribution in [0.1, 0.15) is 12.7 Å². The van der Waals surface area contributed by atoms with E-state index in [1.807, 2.05) is 0 Å². The third kappa shape index (κ3) is 2.27. The second-order valence-electron chi connectivity index (χ2n) is 4.84. The molecule has 2 N–H and O–H groups in total. The lowest BCUT2D eigenvalue weighted by Gasteiger charge is -2.00. The molecule has 1 aromatic heterocycles. The molecular weight excluding hydrogens is 292 g/mol. The van der Waals surface area contributed by atoms with Gasteiger partial charge in [-0.15, -0.1) is 0 Å². The summed E-state index contributed by atoms with van der Waals surface area (Å²) in [5.41, 5.74) is 0.950. The number of nitrogens with one attached hydrogen (secondary N) is 1. The van der Waals surface area contributed by atoms with Crippen molar-refractivity contribution in [1.29, 1.82) is 0 Å². The fourth-order valence-corrected chi connectivity index (χ4v) is 2.34. The zero-order valence-electron chi connectivity index (χ0n) is 11.5. The highest BCUT2D eigenvalue weighted by molar-refractivity contribution is 6.30. The number of carbonyl (C=O) groups excluding carboxylic acids is 1. The molecule has 108 valence electrons. The summed E-state index contributed by atoms with van der Waals surface area (Å²) in [6, 6.07) is 6.67. The van der Waals surface area contributed by atoms with E-state index < -0.39 is 6.04 Å². The molecular formula is C14H13ClN4O2. The summed E-state index contributed by atoms with van der Waals surface area (Å²) >= 11 is 5.85. The van der Waals surface area contributed by atoms with Gasteiger partial charge in [-0.25, -0.2) is 9.67 Å². The number of aromatic nitrogens is 3. The maximum Gasteiger partial charge on any atom is 0.259 e. The number of hydrogen-bond acceptors (Lipinski definition) is 4. The number of benzene rings is 1. The third-order valence-electron chi connectivity index (χ3n) is 3.33. The number of amides is 1. The Bertz CT molecular complexity index is 749. The third-order valence-corrected chi connectivity index (χ3v) is 3.58. The first-order valence-corrected chi connectivity index (χ1v) is 6.76. The Morgan fingerprint density at radius 3 is 2.57 bits per heavy atom. The van der Waals surface area contributed by atoms with E-state index in [4.69, 9.17) is 11.6 Å². The van der Waals surface area contributed by atoms with Crippen molar-refractivity contribution in [1.82, 2.24) is 20.1 Å². The van der Waals surface area contributed by atoms with Gasteiger partial charge in [0.1, 0.15) is 11.3 Å². The van der Waals surface area contributed by atoms with Gasteiger partial charge in [-0.3, -0.25) is 4.79 Å². The molecule has 0 aliphatic carbocycles. The van der Waals surface area contributed by atoms with Crippen LogP contribution in [0, 0.1) is 0 Å². The first kappa shape index (κ1) is 13.6. The van der Waals surface area contributed by atoms with Crippen LogP contribution in [-0.2, 0) is 11.8 Å². The SMILES string of the molecule is CC1NC(=O)C(c2nc(-c3ccc(Cl)cc3)nn2C)=C1O. The maximum atomic E-state index is 11.9. The molecule has 7 heteroatoms. The Morgan fingerprint density at radius 2 is 2.00 bits per heavy atom. The highest BCUT2D eigenvalue weighted by Crippen LogP contribution is 2.26. The van der Waals surface area contributed by atoms with Crippen molar-refractivity contribution in [3.63, 3.8) is 0 Å². The molecule has 0 fully saturated rings. The lowest BCUT2D eigenvalue weighted by atomic mass is 10.2. The predicted octanol–water partition coefficient (Wildman–Crippen LogP) is 1.92. The molecule has 0 spiro atoms. The van der Waals surface area contributed by atoms with Gasteiger partial charge in [-0.1, -0.05) is 11.6 Å². The van der Waals surface area contributed by atoms with Gasteiger partial charge in [0.2, 0.25) is 0 Å². The molecule has 3 rings (SSSR count). The minimum Gasteiger partial charge on any atom is -0.509 e. The molecule has 1 unspecified atom stereocenters. The summed E-state index contributed by atoms with van der Waals surface area (Å²) in [6.07, 6.45) is 0. The first-order chi connectivity index (χ1) is 9.97. The van der Waals surface area contributed by atoms with E-state index in [0.29, 0.717) is 16.7 Å². The predicted molar refractivity (Wildman–Crippen MR) is 78.6 cm³/mol. The monoisotopic (exact) mass is 304 g/mol. The van der Waals surface area contributed by atoms with E-state index in [1.165, 1.54) is 4.68 Å². The highest BCUT2D eigenvalue weighted by Gasteiger charge is 2.32. The van der Waals surface area contributed by atoms with Gasteiger partial charge in [0, 0.05) is 17.6 Å². The zero-order chi connectivity index (χ0) is 15.1. The van der Waals surface area contributed by atoms with Gasteiger partial charge < -0.3 is 10.4 Å². The van der Waals surface area contributed by atoms with Gasteiger partial charge >= 0.3 is 0 Å². The standard InChI is InChI=1S/C14H13ClN4O2/c1-7-11(20)10(14(21)16-7)13-17-12(18-19(13)2)8-3-5-9(15)6-4-8/h3-7,20H,1-2H3,(H,16,21). The molecule has 0 saturated heterocycles. The molecule has 1 aromatic carbocycles. The van der Waals surface area contributed by atoms with Crippen LogP contribution in [0.15, 0.2) is 30.0 Å². The van der Waals surface area contributed by atoms with Gasteiger partial charge in [0.25, 0.3) is 5.91 Å². The molecule has 1 amide bonds. The van der Waals surface area contributed by atoms with Crippen LogP contribution in [-0.4, -0.2) is 31.8 Å². The number of aryl methyl sites for hydroxylation is 1.